The van der Waals surface area contributed by atoms with Gasteiger partial charge in [0.25, 0.3) is 0 Å². The summed E-state index contributed by atoms with van der Waals surface area (Å²) in [6, 6.07) is 10.3. The molecule has 1 aromatic carbocycles. The third kappa shape index (κ3) is 5.31. The molecule has 2 rings (SSSR count). The van der Waals surface area contributed by atoms with Crippen LogP contribution in [0.5, 0.6) is 17.2 Å². The van der Waals surface area contributed by atoms with Gasteiger partial charge in [0.2, 0.25) is 5.91 Å². The zero-order valence-electron chi connectivity index (χ0n) is 12.5. The van der Waals surface area contributed by atoms with Gasteiger partial charge >= 0.3 is 5.97 Å². The van der Waals surface area contributed by atoms with Crippen molar-refractivity contribution in [3.05, 3.63) is 42.6 Å². The Hall–Kier alpha value is -3.09. The lowest BCUT2D eigenvalue weighted by Crippen LogP contribution is -2.13. The highest BCUT2D eigenvalue weighted by atomic mass is 16.5. The number of aliphatic carboxylic acids is 1. The van der Waals surface area contributed by atoms with Crippen LogP contribution in [-0.4, -0.2) is 29.1 Å². The summed E-state index contributed by atoms with van der Waals surface area (Å²) in [4.78, 5) is 25.9. The van der Waals surface area contributed by atoms with Crippen LogP contribution in [0.1, 0.15) is 12.8 Å². The number of benzene rings is 1. The normalized spacial score (nSPS) is 9.96. The maximum atomic E-state index is 11.5. The Morgan fingerprint density at radius 1 is 1.04 bits per heavy atom. The zero-order valence-corrected chi connectivity index (χ0v) is 12.5. The molecular formula is C16H16N2O5. The number of hydrogen-bond donors (Lipinski definition) is 2. The van der Waals surface area contributed by atoms with Gasteiger partial charge in [-0.2, -0.15) is 0 Å². The van der Waals surface area contributed by atoms with Crippen molar-refractivity contribution < 1.29 is 24.2 Å². The molecule has 0 unspecified atom stereocenters. The molecule has 0 spiro atoms. The number of nitrogens with one attached hydrogen (secondary N) is 1. The van der Waals surface area contributed by atoms with Crippen LogP contribution in [-0.2, 0) is 9.59 Å². The molecule has 0 atom stereocenters. The van der Waals surface area contributed by atoms with E-state index in [0.29, 0.717) is 17.3 Å². The van der Waals surface area contributed by atoms with Crippen LogP contribution < -0.4 is 14.8 Å². The molecule has 0 fully saturated rings. The van der Waals surface area contributed by atoms with Crippen molar-refractivity contribution >= 4 is 17.7 Å². The van der Waals surface area contributed by atoms with Crippen molar-refractivity contribution in [3.63, 3.8) is 0 Å². The first-order valence-electron chi connectivity index (χ1n) is 6.86. The highest BCUT2D eigenvalue weighted by Crippen LogP contribution is 2.23. The molecule has 7 nitrogen and oxygen atoms in total. The molecule has 23 heavy (non-hydrogen) atoms. The number of carbonyl (C=O) groups is 2. The Morgan fingerprint density at radius 2 is 1.70 bits per heavy atom. The van der Waals surface area contributed by atoms with Crippen LogP contribution >= 0.6 is 0 Å². The van der Waals surface area contributed by atoms with E-state index in [0.717, 1.165) is 5.75 Å². The molecule has 0 saturated carbocycles. The molecule has 0 aliphatic heterocycles. The number of carboxylic acid groups (broad SMARTS) is 1. The summed E-state index contributed by atoms with van der Waals surface area (Å²) < 4.78 is 10.7. The first-order chi connectivity index (χ1) is 11.1. The predicted octanol–water partition coefficient (Wildman–Crippen LogP) is 2.69. The smallest absolute Gasteiger partial charge is 0.303 e. The van der Waals surface area contributed by atoms with E-state index >= 15 is 0 Å². The molecule has 0 radical (unpaired) electrons. The van der Waals surface area contributed by atoms with Gasteiger partial charge in [-0.3, -0.25) is 9.59 Å². The number of pyridine rings is 1. The summed E-state index contributed by atoms with van der Waals surface area (Å²) in [6.07, 6.45) is 1.16. The standard InChI is InChI=1S/C16H16N2O5/c1-22-11-2-4-12(5-3-11)23-13-6-7-14(17-10-13)18-15(19)8-9-16(20)21/h2-7,10H,8-9H2,1H3,(H,20,21)(H,17,18,19). The van der Waals surface area contributed by atoms with Crippen LogP contribution in [0.4, 0.5) is 5.82 Å². The SMILES string of the molecule is COc1ccc(Oc2ccc(NC(=O)CCC(=O)O)nc2)cc1. The number of rotatable bonds is 7. The van der Waals surface area contributed by atoms with Crippen molar-refractivity contribution in [2.75, 3.05) is 12.4 Å². The van der Waals surface area contributed by atoms with Gasteiger partial charge < -0.3 is 19.9 Å². The molecule has 2 aromatic rings. The van der Waals surface area contributed by atoms with Gasteiger partial charge in [-0.05, 0) is 36.4 Å². The highest BCUT2D eigenvalue weighted by molar-refractivity contribution is 5.91. The summed E-state index contributed by atoms with van der Waals surface area (Å²) in [6.45, 7) is 0. The fourth-order valence-electron chi connectivity index (χ4n) is 1.72. The van der Waals surface area contributed by atoms with Crippen molar-refractivity contribution in [2.24, 2.45) is 0 Å². The average molecular weight is 316 g/mol. The fourth-order valence-corrected chi connectivity index (χ4v) is 1.72. The Labute approximate surface area is 132 Å². The maximum absolute atomic E-state index is 11.5. The minimum atomic E-state index is -1.02. The Kier molecular flexibility index (Phi) is 5.51. The number of carbonyl (C=O) groups excluding carboxylic acids is 1. The van der Waals surface area contributed by atoms with Gasteiger partial charge in [-0.15, -0.1) is 0 Å². The van der Waals surface area contributed by atoms with E-state index in [-0.39, 0.29) is 12.8 Å². The molecule has 0 aliphatic rings. The van der Waals surface area contributed by atoms with Gasteiger partial charge in [0.05, 0.1) is 19.7 Å². The minimum absolute atomic E-state index is 0.0961. The third-order valence-electron chi connectivity index (χ3n) is 2.86. The van der Waals surface area contributed by atoms with Crippen LogP contribution in [0.3, 0.4) is 0 Å². The van der Waals surface area contributed by atoms with Gasteiger partial charge in [-0.25, -0.2) is 4.98 Å². The molecule has 1 aromatic heterocycles. The molecule has 1 heterocycles. The number of amides is 1. The number of aromatic nitrogens is 1. The Balaban J connectivity index is 1.90. The third-order valence-corrected chi connectivity index (χ3v) is 2.86. The summed E-state index contributed by atoms with van der Waals surface area (Å²) in [5.41, 5.74) is 0. The number of nitrogens with zero attached hydrogens (tertiary/aromatic N) is 1. The summed E-state index contributed by atoms with van der Waals surface area (Å²) >= 11 is 0. The van der Waals surface area contributed by atoms with E-state index < -0.39 is 11.9 Å². The van der Waals surface area contributed by atoms with Crippen LogP contribution in [0.15, 0.2) is 42.6 Å². The van der Waals surface area contributed by atoms with E-state index in [9.17, 15) is 9.59 Å². The average Bonchev–Trinajstić information content (AvgIpc) is 2.55. The summed E-state index contributed by atoms with van der Waals surface area (Å²) in [5, 5.41) is 11.0. The van der Waals surface area contributed by atoms with E-state index in [1.54, 1.807) is 43.5 Å². The van der Waals surface area contributed by atoms with Crippen molar-refractivity contribution in [2.45, 2.75) is 12.8 Å². The number of carboxylic acids is 1. The molecule has 0 aliphatic carbocycles. The van der Waals surface area contributed by atoms with Gasteiger partial charge in [0.1, 0.15) is 23.1 Å². The first kappa shape index (κ1) is 16.3. The van der Waals surface area contributed by atoms with Gasteiger partial charge in [0, 0.05) is 6.42 Å². The summed E-state index contributed by atoms with van der Waals surface area (Å²) in [5.74, 6) is 0.794. The number of ether oxygens (including phenoxy) is 2. The fraction of sp³-hybridized carbons (Fsp3) is 0.188. The molecule has 2 N–H and O–H groups in total. The van der Waals surface area contributed by atoms with E-state index in [1.807, 2.05) is 0 Å². The minimum Gasteiger partial charge on any atom is -0.497 e. The van der Waals surface area contributed by atoms with Gasteiger partial charge in [-0.1, -0.05) is 0 Å². The monoisotopic (exact) mass is 316 g/mol. The molecule has 7 heteroatoms. The lowest BCUT2D eigenvalue weighted by atomic mass is 10.3. The zero-order chi connectivity index (χ0) is 16.7. The van der Waals surface area contributed by atoms with Crippen LogP contribution in [0.2, 0.25) is 0 Å². The maximum Gasteiger partial charge on any atom is 0.303 e. The molecule has 0 bridgehead atoms. The first-order valence-corrected chi connectivity index (χ1v) is 6.86. The molecule has 1 amide bonds. The van der Waals surface area contributed by atoms with E-state index in [4.69, 9.17) is 14.6 Å². The van der Waals surface area contributed by atoms with Gasteiger partial charge in [0.15, 0.2) is 0 Å². The Bertz CT molecular complexity index is 668. The number of methoxy groups -OCH3 is 1. The largest absolute Gasteiger partial charge is 0.497 e. The van der Waals surface area contributed by atoms with Crippen molar-refractivity contribution in [1.29, 1.82) is 0 Å². The van der Waals surface area contributed by atoms with E-state index in [2.05, 4.69) is 10.3 Å². The molecular weight excluding hydrogens is 300 g/mol. The van der Waals surface area contributed by atoms with Crippen molar-refractivity contribution in [1.82, 2.24) is 4.98 Å². The number of anilines is 1. The van der Waals surface area contributed by atoms with Crippen LogP contribution in [0.25, 0.3) is 0 Å². The quantitative estimate of drug-likeness (QED) is 0.815. The second-order valence-corrected chi connectivity index (χ2v) is 4.60. The Morgan fingerprint density at radius 3 is 2.26 bits per heavy atom. The summed E-state index contributed by atoms with van der Waals surface area (Å²) in [7, 11) is 1.59. The second-order valence-electron chi connectivity index (χ2n) is 4.60. The van der Waals surface area contributed by atoms with Crippen LogP contribution in [0, 0.1) is 0 Å². The second kappa shape index (κ2) is 7.79. The topological polar surface area (TPSA) is 97.8 Å². The lowest BCUT2D eigenvalue weighted by molar-refractivity contribution is -0.138. The van der Waals surface area contributed by atoms with Crippen molar-refractivity contribution in [3.8, 4) is 17.2 Å². The van der Waals surface area contributed by atoms with E-state index in [1.165, 1.54) is 6.20 Å². The molecule has 0 saturated heterocycles. The number of hydrogen-bond acceptors (Lipinski definition) is 5. The molecule has 120 valence electrons. The lowest BCUT2D eigenvalue weighted by Gasteiger charge is -2.07. The predicted molar refractivity (Wildman–Crippen MR) is 82.8 cm³/mol. The highest BCUT2D eigenvalue weighted by Gasteiger charge is 2.07.